The number of rotatable bonds is 2. The number of hydrogen-bond acceptors (Lipinski definition) is 5. The van der Waals surface area contributed by atoms with Crippen LogP contribution in [0.15, 0.2) is 29.3 Å². The Labute approximate surface area is 129 Å². The maximum atomic E-state index is 13.0. The summed E-state index contributed by atoms with van der Waals surface area (Å²) in [7, 11) is -3.60. The number of fused-ring (bicyclic) bond motifs is 1. The monoisotopic (exact) mass is 321 g/mol. The van der Waals surface area contributed by atoms with Gasteiger partial charge in [-0.15, -0.1) is 0 Å². The Morgan fingerprint density at radius 3 is 2.91 bits per heavy atom. The van der Waals surface area contributed by atoms with Gasteiger partial charge < -0.3 is 10.4 Å². The molecule has 0 spiro atoms. The predicted molar refractivity (Wildman–Crippen MR) is 84.4 cm³/mol. The molecule has 1 saturated heterocycles. The van der Waals surface area contributed by atoms with Crippen LogP contribution in [0.1, 0.15) is 12.0 Å². The van der Waals surface area contributed by atoms with Crippen LogP contribution in [-0.2, 0) is 10.0 Å². The Bertz CT molecular complexity index is 797. The first-order valence-corrected chi connectivity index (χ1v) is 8.74. The van der Waals surface area contributed by atoms with Crippen molar-refractivity contribution in [2.75, 3.05) is 26.2 Å². The molecule has 2 N–H and O–H groups in total. The van der Waals surface area contributed by atoms with Crippen LogP contribution in [0.3, 0.4) is 0 Å². The highest BCUT2D eigenvalue weighted by Crippen LogP contribution is 2.32. The minimum absolute atomic E-state index is 0.143. The highest BCUT2D eigenvalue weighted by Gasteiger charge is 2.27. The molecule has 0 aliphatic carbocycles. The van der Waals surface area contributed by atoms with Crippen LogP contribution in [0.5, 0.6) is 5.88 Å². The van der Waals surface area contributed by atoms with E-state index >= 15 is 0 Å². The van der Waals surface area contributed by atoms with Crippen molar-refractivity contribution in [2.24, 2.45) is 0 Å². The smallest absolute Gasteiger partial charge is 0.243 e. The van der Waals surface area contributed by atoms with E-state index in [1.165, 1.54) is 10.5 Å². The number of sulfonamides is 1. The molecule has 6 nitrogen and oxygen atoms in total. The Morgan fingerprint density at radius 2 is 2.09 bits per heavy atom. The van der Waals surface area contributed by atoms with E-state index in [9.17, 15) is 13.5 Å². The van der Waals surface area contributed by atoms with E-state index in [0.717, 1.165) is 18.5 Å². The summed E-state index contributed by atoms with van der Waals surface area (Å²) in [6, 6.07) is 4.93. The van der Waals surface area contributed by atoms with Gasteiger partial charge in [0.05, 0.1) is 4.90 Å². The lowest BCUT2D eigenvalue weighted by Gasteiger charge is -2.21. The summed E-state index contributed by atoms with van der Waals surface area (Å²) in [5.74, 6) is -0.143. The lowest BCUT2D eigenvalue weighted by Crippen LogP contribution is -2.34. The molecule has 22 heavy (non-hydrogen) atoms. The first-order chi connectivity index (χ1) is 10.5. The van der Waals surface area contributed by atoms with Gasteiger partial charge in [-0.25, -0.2) is 13.4 Å². The number of aromatic nitrogens is 1. The number of nitrogens with zero attached hydrogens (tertiary/aromatic N) is 2. The summed E-state index contributed by atoms with van der Waals surface area (Å²) in [6.07, 6.45) is 2.29. The van der Waals surface area contributed by atoms with Crippen LogP contribution < -0.4 is 5.32 Å². The Balaban J connectivity index is 2.18. The number of aromatic hydroxyl groups is 1. The molecular formula is C15H19N3O3S. The summed E-state index contributed by atoms with van der Waals surface area (Å²) in [5, 5.41) is 14.1. The van der Waals surface area contributed by atoms with Gasteiger partial charge in [-0.05, 0) is 37.6 Å². The van der Waals surface area contributed by atoms with Crippen LogP contribution >= 0.6 is 0 Å². The second-order valence-electron chi connectivity index (χ2n) is 5.45. The van der Waals surface area contributed by atoms with Crippen molar-refractivity contribution in [3.05, 3.63) is 30.0 Å². The molecule has 1 aromatic carbocycles. The summed E-state index contributed by atoms with van der Waals surface area (Å²) in [6.45, 7) is 4.23. The number of hydrogen-bond donors (Lipinski definition) is 2. The molecule has 0 bridgehead atoms. The molecule has 0 atom stereocenters. The molecule has 1 aliphatic heterocycles. The summed E-state index contributed by atoms with van der Waals surface area (Å²) >= 11 is 0. The quantitative estimate of drug-likeness (QED) is 0.869. The number of pyridine rings is 1. The van der Waals surface area contributed by atoms with E-state index in [4.69, 9.17) is 0 Å². The van der Waals surface area contributed by atoms with E-state index in [2.05, 4.69) is 10.3 Å². The van der Waals surface area contributed by atoms with Crippen molar-refractivity contribution < 1.29 is 13.5 Å². The van der Waals surface area contributed by atoms with Crippen molar-refractivity contribution in [1.29, 1.82) is 0 Å². The number of benzene rings is 1. The normalized spacial score (nSPS) is 17.5. The standard InChI is InChI=1S/C15H19N3O3S/c1-11-10-17-15(19)12-4-2-5-13(14(11)12)22(20,21)18-8-3-6-16-7-9-18/h2,4-5,10,16H,3,6-9H2,1H3,(H,17,19). The third kappa shape index (κ3) is 2.55. The zero-order valence-corrected chi connectivity index (χ0v) is 13.2. The lowest BCUT2D eigenvalue weighted by atomic mass is 10.1. The van der Waals surface area contributed by atoms with Gasteiger partial charge >= 0.3 is 0 Å². The second kappa shape index (κ2) is 5.83. The average Bonchev–Trinajstić information content (AvgIpc) is 2.80. The van der Waals surface area contributed by atoms with E-state index in [1.54, 1.807) is 25.1 Å². The molecule has 2 heterocycles. The van der Waals surface area contributed by atoms with Gasteiger partial charge in [-0.3, -0.25) is 0 Å². The molecule has 0 radical (unpaired) electrons. The zero-order valence-electron chi connectivity index (χ0n) is 12.4. The van der Waals surface area contributed by atoms with Gasteiger partial charge in [0.15, 0.2) is 0 Å². The van der Waals surface area contributed by atoms with Crippen molar-refractivity contribution in [2.45, 2.75) is 18.2 Å². The van der Waals surface area contributed by atoms with Crippen LogP contribution in [0.4, 0.5) is 0 Å². The van der Waals surface area contributed by atoms with Crippen LogP contribution in [-0.4, -0.2) is 49.0 Å². The first kappa shape index (κ1) is 15.2. The molecule has 0 amide bonds. The van der Waals surface area contributed by atoms with Gasteiger partial charge in [0.2, 0.25) is 15.9 Å². The van der Waals surface area contributed by atoms with Crippen LogP contribution in [0.2, 0.25) is 0 Å². The van der Waals surface area contributed by atoms with Gasteiger partial charge in [0.25, 0.3) is 0 Å². The van der Waals surface area contributed by atoms with Crippen LogP contribution in [0, 0.1) is 6.92 Å². The van der Waals surface area contributed by atoms with Crippen molar-refractivity contribution in [1.82, 2.24) is 14.6 Å². The van der Waals surface area contributed by atoms with E-state index in [1.807, 2.05) is 0 Å². The van der Waals surface area contributed by atoms with E-state index < -0.39 is 10.0 Å². The molecule has 0 saturated carbocycles. The second-order valence-corrected chi connectivity index (χ2v) is 7.36. The molecular weight excluding hydrogens is 302 g/mol. The molecule has 3 rings (SSSR count). The third-order valence-electron chi connectivity index (χ3n) is 3.96. The number of nitrogens with one attached hydrogen (secondary N) is 1. The fraction of sp³-hybridized carbons (Fsp3) is 0.400. The SMILES string of the molecule is Cc1cnc(O)c2cccc(S(=O)(=O)N3CCCNCC3)c12. The summed E-state index contributed by atoms with van der Waals surface area (Å²) in [4.78, 5) is 4.13. The van der Waals surface area contributed by atoms with Crippen molar-refractivity contribution >= 4 is 20.8 Å². The average molecular weight is 321 g/mol. The number of aryl methyl sites for hydroxylation is 1. The maximum Gasteiger partial charge on any atom is 0.243 e. The third-order valence-corrected chi connectivity index (χ3v) is 5.90. The molecule has 2 aromatic rings. The summed E-state index contributed by atoms with van der Waals surface area (Å²) in [5.41, 5.74) is 0.736. The first-order valence-electron chi connectivity index (χ1n) is 7.30. The Hall–Kier alpha value is -1.70. The molecule has 0 unspecified atom stereocenters. The maximum absolute atomic E-state index is 13.0. The largest absolute Gasteiger partial charge is 0.493 e. The van der Waals surface area contributed by atoms with E-state index in [-0.39, 0.29) is 10.8 Å². The van der Waals surface area contributed by atoms with E-state index in [0.29, 0.717) is 30.4 Å². The van der Waals surface area contributed by atoms with Gasteiger partial charge in [0.1, 0.15) is 0 Å². The summed E-state index contributed by atoms with van der Waals surface area (Å²) < 4.78 is 27.5. The molecule has 1 aliphatic rings. The fourth-order valence-electron chi connectivity index (χ4n) is 2.83. The highest BCUT2D eigenvalue weighted by molar-refractivity contribution is 7.89. The molecule has 118 valence electrons. The fourth-order valence-corrected chi connectivity index (χ4v) is 4.59. The zero-order chi connectivity index (χ0) is 15.7. The van der Waals surface area contributed by atoms with Gasteiger partial charge in [0, 0.05) is 36.6 Å². The topological polar surface area (TPSA) is 82.5 Å². The van der Waals surface area contributed by atoms with Crippen molar-refractivity contribution in [3.8, 4) is 5.88 Å². The minimum atomic E-state index is -3.60. The van der Waals surface area contributed by atoms with Crippen LogP contribution in [0.25, 0.3) is 10.8 Å². The Morgan fingerprint density at radius 1 is 1.27 bits per heavy atom. The molecule has 1 fully saturated rings. The van der Waals surface area contributed by atoms with Gasteiger partial charge in [-0.1, -0.05) is 6.07 Å². The van der Waals surface area contributed by atoms with Gasteiger partial charge in [-0.2, -0.15) is 4.31 Å². The molecule has 7 heteroatoms. The minimum Gasteiger partial charge on any atom is -0.493 e. The lowest BCUT2D eigenvalue weighted by molar-refractivity contribution is 0.432. The van der Waals surface area contributed by atoms with Crippen molar-refractivity contribution in [3.63, 3.8) is 0 Å². The highest BCUT2D eigenvalue weighted by atomic mass is 32.2. The molecule has 1 aromatic heterocycles. The Kier molecular flexibility index (Phi) is 4.03. The predicted octanol–water partition coefficient (Wildman–Crippen LogP) is 1.23.